The normalized spacial score (nSPS) is 10.9. The minimum absolute atomic E-state index is 0.266. The summed E-state index contributed by atoms with van der Waals surface area (Å²) >= 11 is 0. The fourth-order valence-electron chi connectivity index (χ4n) is 2.74. The summed E-state index contributed by atoms with van der Waals surface area (Å²) in [6.07, 6.45) is 6.91. The minimum Gasteiger partial charge on any atom is -0.267 e. The molecule has 136 valence electrons. The SMILES string of the molecule is O=C(N/N=C\c1cn(-c2ccccc2)nc1-c1ccncc1)c1ccccc1. The zero-order valence-electron chi connectivity index (χ0n) is 14.9. The topological polar surface area (TPSA) is 72.2 Å². The van der Waals surface area contributed by atoms with Crippen LogP contribution >= 0.6 is 0 Å². The van der Waals surface area contributed by atoms with Crippen molar-refractivity contribution in [1.82, 2.24) is 20.2 Å². The van der Waals surface area contributed by atoms with Crippen LogP contribution in [0.15, 0.2) is 96.5 Å². The molecule has 6 heteroatoms. The molecule has 0 fully saturated rings. The van der Waals surface area contributed by atoms with Crippen LogP contribution in [0, 0.1) is 0 Å². The number of nitrogens with zero attached hydrogens (tertiary/aromatic N) is 4. The Morgan fingerprint density at radius 1 is 0.929 bits per heavy atom. The van der Waals surface area contributed by atoms with E-state index >= 15 is 0 Å². The lowest BCUT2D eigenvalue weighted by molar-refractivity contribution is 0.0955. The Kier molecular flexibility index (Phi) is 5.02. The third-order valence-corrected chi connectivity index (χ3v) is 4.12. The van der Waals surface area contributed by atoms with Gasteiger partial charge in [-0.15, -0.1) is 0 Å². The molecule has 0 radical (unpaired) electrons. The van der Waals surface area contributed by atoms with E-state index in [1.165, 1.54) is 0 Å². The van der Waals surface area contributed by atoms with Crippen molar-refractivity contribution in [1.29, 1.82) is 0 Å². The zero-order valence-corrected chi connectivity index (χ0v) is 14.9. The average molecular weight is 367 g/mol. The summed E-state index contributed by atoms with van der Waals surface area (Å²) in [6.45, 7) is 0. The Hall–Kier alpha value is -4.06. The molecule has 0 saturated carbocycles. The smallest absolute Gasteiger partial charge is 0.267 e. The monoisotopic (exact) mass is 367 g/mol. The van der Waals surface area contributed by atoms with Gasteiger partial charge in [0.2, 0.25) is 0 Å². The number of para-hydroxylation sites is 1. The lowest BCUT2D eigenvalue weighted by Crippen LogP contribution is -2.17. The second-order valence-electron chi connectivity index (χ2n) is 6.01. The van der Waals surface area contributed by atoms with Gasteiger partial charge in [0.1, 0.15) is 5.69 Å². The number of benzene rings is 2. The van der Waals surface area contributed by atoms with E-state index in [2.05, 4.69) is 15.5 Å². The summed E-state index contributed by atoms with van der Waals surface area (Å²) in [5, 5.41) is 8.81. The van der Waals surface area contributed by atoms with Gasteiger partial charge in [-0.1, -0.05) is 36.4 Å². The molecule has 0 unspecified atom stereocenters. The quantitative estimate of drug-likeness (QED) is 0.432. The van der Waals surface area contributed by atoms with E-state index in [-0.39, 0.29) is 5.91 Å². The number of hydrogen-bond acceptors (Lipinski definition) is 4. The Labute approximate surface area is 162 Å². The highest BCUT2D eigenvalue weighted by molar-refractivity contribution is 5.95. The van der Waals surface area contributed by atoms with Gasteiger partial charge in [0.25, 0.3) is 5.91 Å². The molecule has 1 amide bonds. The maximum atomic E-state index is 12.2. The highest BCUT2D eigenvalue weighted by Crippen LogP contribution is 2.22. The number of hydrazone groups is 1. The molecule has 28 heavy (non-hydrogen) atoms. The second-order valence-corrected chi connectivity index (χ2v) is 6.01. The molecule has 4 aromatic rings. The lowest BCUT2D eigenvalue weighted by atomic mass is 10.1. The van der Waals surface area contributed by atoms with Gasteiger partial charge in [-0.05, 0) is 36.4 Å². The molecule has 1 N–H and O–H groups in total. The summed E-state index contributed by atoms with van der Waals surface area (Å²) in [5.74, 6) is -0.266. The van der Waals surface area contributed by atoms with Crippen molar-refractivity contribution in [3.8, 4) is 16.9 Å². The first kappa shape index (κ1) is 17.4. The van der Waals surface area contributed by atoms with Gasteiger partial charge < -0.3 is 0 Å². The van der Waals surface area contributed by atoms with Gasteiger partial charge in [0.05, 0.1) is 11.9 Å². The van der Waals surface area contributed by atoms with Crippen molar-refractivity contribution in [2.24, 2.45) is 5.10 Å². The van der Waals surface area contributed by atoms with Crippen LogP contribution in [0.2, 0.25) is 0 Å². The summed E-state index contributed by atoms with van der Waals surface area (Å²) in [4.78, 5) is 16.2. The van der Waals surface area contributed by atoms with E-state index in [4.69, 9.17) is 5.10 Å². The average Bonchev–Trinajstić information content (AvgIpc) is 3.20. The molecule has 0 aliphatic carbocycles. The van der Waals surface area contributed by atoms with E-state index in [1.807, 2.05) is 66.9 Å². The molecule has 0 aliphatic rings. The van der Waals surface area contributed by atoms with Gasteiger partial charge in [0, 0.05) is 35.3 Å². The van der Waals surface area contributed by atoms with E-state index < -0.39 is 0 Å². The summed E-state index contributed by atoms with van der Waals surface area (Å²) in [5.41, 5.74) is 6.49. The molecule has 0 bridgehead atoms. The van der Waals surface area contributed by atoms with Crippen LogP contribution in [0.4, 0.5) is 0 Å². The third kappa shape index (κ3) is 3.86. The van der Waals surface area contributed by atoms with Crippen LogP contribution in [-0.4, -0.2) is 26.9 Å². The molecule has 2 heterocycles. The molecule has 2 aromatic heterocycles. The highest BCUT2D eigenvalue weighted by atomic mass is 16.2. The Morgan fingerprint density at radius 2 is 1.61 bits per heavy atom. The molecular weight excluding hydrogens is 350 g/mol. The molecular formula is C22H17N5O. The molecule has 2 aromatic carbocycles. The van der Waals surface area contributed by atoms with E-state index in [1.54, 1.807) is 35.4 Å². The molecule has 6 nitrogen and oxygen atoms in total. The van der Waals surface area contributed by atoms with Crippen LogP contribution < -0.4 is 5.43 Å². The number of amides is 1. The Morgan fingerprint density at radius 3 is 2.32 bits per heavy atom. The van der Waals surface area contributed by atoms with Crippen LogP contribution in [0.5, 0.6) is 0 Å². The first-order valence-corrected chi connectivity index (χ1v) is 8.75. The van der Waals surface area contributed by atoms with Crippen LogP contribution in [0.25, 0.3) is 16.9 Å². The number of rotatable bonds is 5. The third-order valence-electron chi connectivity index (χ3n) is 4.12. The maximum absolute atomic E-state index is 12.2. The van der Waals surface area contributed by atoms with E-state index in [9.17, 15) is 4.79 Å². The Bertz CT molecular complexity index is 1090. The standard InChI is InChI=1S/C22H17N5O/c28-22(18-7-3-1-4-8-18)25-24-15-19-16-27(20-9-5-2-6-10-20)26-21(19)17-11-13-23-14-12-17/h1-16H,(H,25,28)/b24-15-. The van der Waals surface area contributed by atoms with E-state index in [0.29, 0.717) is 5.56 Å². The zero-order chi connectivity index (χ0) is 19.2. The van der Waals surface area contributed by atoms with Gasteiger partial charge >= 0.3 is 0 Å². The van der Waals surface area contributed by atoms with Crippen molar-refractivity contribution >= 4 is 12.1 Å². The lowest BCUT2D eigenvalue weighted by Gasteiger charge is -2.00. The van der Waals surface area contributed by atoms with Gasteiger partial charge in [-0.25, -0.2) is 10.1 Å². The molecule has 4 rings (SSSR count). The van der Waals surface area contributed by atoms with Crippen molar-refractivity contribution in [2.45, 2.75) is 0 Å². The van der Waals surface area contributed by atoms with Crippen LogP contribution in [-0.2, 0) is 0 Å². The van der Waals surface area contributed by atoms with Gasteiger partial charge in [-0.2, -0.15) is 10.2 Å². The molecule has 0 atom stereocenters. The van der Waals surface area contributed by atoms with Crippen LogP contribution in [0.1, 0.15) is 15.9 Å². The number of nitrogens with one attached hydrogen (secondary N) is 1. The first-order chi connectivity index (χ1) is 13.8. The Balaban J connectivity index is 1.63. The number of hydrogen-bond donors (Lipinski definition) is 1. The fraction of sp³-hybridized carbons (Fsp3) is 0. The fourth-order valence-corrected chi connectivity index (χ4v) is 2.74. The summed E-state index contributed by atoms with van der Waals surface area (Å²) in [6, 6.07) is 22.5. The highest BCUT2D eigenvalue weighted by Gasteiger charge is 2.11. The molecule has 0 spiro atoms. The maximum Gasteiger partial charge on any atom is 0.271 e. The van der Waals surface area contributed by atoms with Crippen LogP contribution in [0.3, 0.4) is 0 Å². The largest absolute Gasteiger partial charge is 0.271 e. The molecule has 0 saturated heterocycles. The number of carbonyl (C=O) groups is 1. The minimum atomic E-state index is -0.266. The first-order valence-electron chi connectivity index (χ1n) is 8.75. The van der Waals surface area contributed by atoms with Crippen molar-refractivity contribution < 1.29 is 4.79 Å². The number of pyridine rings is 1. The van der Waals surface area contributed by atoms with Crippen molar-refractivity contribution in [3.05, 3.63) is 103 Å². The van der Waals surface area contributed by atoms with Crippen molar-refractivity contribution in [3.63, 3.8) is 0 Å². The predicted octanol–water partition coefficient (Wildman–Crippen LogP) is 3.70. The summed E-state index contributed by atoms with van der Waals surface area (Å²) in [7, 11) is 0. The molecule has 0 aliphatic heterocycles. The van der Waals surface area contributed by atoms with Gasteiger partial charge in [-0.3, -0.25) is 9.78 Å². The number of aromatic nitrogens is 3. The predicted molar refractivity (Wildman–Crippen MR) is 108 cm³/mol. The number of carbonyl (C=O) groups excluding carboxylic acids is 1. The van der Waals surface area contributed by atoms with E-state index in [0.717, 1.165) is 22.5 Å². The summed E-state index contributed by atoms with van der Waals surface area (Å²) < 4.78 is 1.79. The van der Waals surface area contributed by atoms with Crippen molar-refractivity contribution in [2.75, 3.05) is 0 Å². The second kappa shape index (κ2) is 8.09. The van der Waals surface area contributed by atoms with Gasteiger partial charge in [0.15, 0.2) is 0 Å².